The molecule has 3 nitrogen and oxygen atoms in total. The summed E-state index contributed by atoms with van der Waals surface area (Å²) >= 11 is 12.3. The second kappa shape index (κ2) is 8.21. The Hall–Kier alpha value is -3.09. The molecule has 0 aliphatic carbocycles. The van der Waals surface area contributed by atoms with E-state index in [2.05, 4.69) is 10.3 Å². The Morgan fingerprint density at radius 3 is 2.42 bits per heavy atom. The maximum Gasteiger partial charge on any atom is 0.416 e. The molecule has 0 bridgehead atoms. The van der Waals surface area contributed by atoms with Crippen LogP contribution in [-0.4, -0.2) is 10.9 Å². The maximum atomic E-state index is 13.0. The van der Waals surface area contributed by atoms with Crippen molar-refractivity contribution in [3.8, 4) is 11.3 Å². The monoisotopic (exact) mass is 460 g/mol. The van der Waals surface area contributed by atoms with Gasteiger partial charge in [-0.1, -0.05) is 47.5 Å². The Bertz CT molecular complexity index is 1310. The van der Waals surface area contributed by atoms with Crippen LogP contribution in [0, 0.1) is 0 Å². The molecule has 0 aliphatic rings. The molecule has 4 aromatic rings. The number of hydrogen-bond donors (Lipinski definition) is 1. The van der Waals surface area contributed by atoms with Crippen molar-refractivity contribution in [2.75, 3.05) is 5.32 Å². The van der Waals surface area contributed by atoms with Crippen LogP contribution < -0.4 is 5.32 Å². The average Bonchev–Trinajstić information content (AvgIpc) is 2.72. The second-order valence-corrected chi connectivity index (χ2v) is 7.57. The maximum absolute atomic E-state index is 13.0. The van der Waals surface area contributed by atoms with Gasteiger partial charge in [0, 0.05) is 21.7 Å². The number of aromatic nitrogens is 1. The first-order valence-corrected chi connectivity index (χ1v) is 9.82. The zero-order chi connectivity index (χ0) is 22.2. The van der Waals surface area contributed by atoms with Gasteiger partial charge in [0.25, 0.3) is 5.91 Å². The molecular weight excluding hydrogens is 448 g/mol. The number of para-hydroxylation sites is 1. The molecule has 1 amide bonds. The second-order valence-electron chi connectivity index (χ2n) is 6.73. The zero-order valence-electron chi connectivity index (χ0n) is 15.7. The van der Waals surface area contributed by atoms with Crippen LogP contribution in [0.4, 0.5) is 18.9 Å². The molecule has 0 saturated carbocycles. The molecule has 0 saturated heterocycles. The Morgan fingerprint density at radius 2 is 1.68 bits per heavy atom. The number of rotatable bonds is 3. The summed E-state index contributed by atoms with van der Waals surface area (Å²) in [7, 11) is 0. The van der Waals surface area contributed by atoms with Gasteiger partial charge in [-0.25, -0.2) is 4.98 Å². The van der Waals surface area contributed by atoms with Crippen molar-refractivity contribution >= 4 is 45.7 Å². The first kappa shape index (κ1) is 21.2. The van der Waals surface area contributed by atoms with Crippen molar-refractivity contribution in [3.63, 3.8) is 0 Å². The predicted molar refractivity (Wildman–Crippen MR) is 117 cm³/mol. The highest BCUT2D eigenvalue weighted by atomic mass is 35.5. The van der Waals surface area contributed by atoms with Crippen LogP contribution in [-0.2, 0) is 6.18 Å². The van der Waals surface area contributed by atoms with Crippen LogP contribution in [0.5, 0.6) is 0 Å². The molecule has 3 aromatic carbocycles. The number of nitrogens with one attached hydrogen (secondary N) is 1. The number of fused-ring (bicyclic) bond motifs is 1. The van der Waals surface area contributed by atoms with E-state index in [0.29, 0.717) is 32.2 Å². The Balaban J connectivity index is 1.79. The number of alkyl halides is 3. The lowest BCUT2D eigenvalue weighted by Crippen LogP contribution is -2.14. The molecule has 1 heterocycles. The largest absolute Gasteiger partial charge is 0.416 e. The minimum Gasteiger partial charge on any atom is -0.322 e. The van der Waals surface area contributed by atoms with Crippen LogP contribution in [0.3, 0.4) is 0 Å². The van der Waals surface area contributed by atoms with Gasteiger partial charge in [0.1, 0.15) is 0 Å². The van der Waals surface area contributed by atoms with Gasteiger partial charge in [-0.05, 0) is 48.5 Å². The van der Waals surface area contributed by atoms with Crippen LogP contribution >= 0.6 is 23.2 Å². The molecule has 1 N–H and O–H groups in total. The fraction of sp³-hybridized carbons (Fsp3) is 0.0435. The summed E-state index contributed by atoms with van der Waals surface area (Å²) in [6.07, 6.45) is -4.51. The molecule has 0 spiro atoms. The van der Waals surface area contributed by atoms with Gasteiger partial charge in [-0.2, -0.15) is 13.2 Å². The fourth-order valence-corrected chi connectivity index (χ4v) is 3.68. The number of benzene rings is 3. The van der Waals surface area contributed by atoms with Crippen molar-refractivity contribution in [2.45, 2.75) is 6.18 Å². The topological polar surface area (TPSA) is 42.0 Å². The number of pyridine rings is 1. The van der Waals surface area contributed by atoms with Crippen molar-refractivity contribution in [1.82, 2.24) is 4.98 Å². The quantitative estimate of drug-likeness (QED) is 0.344. The van der Waals surface area contributed by atoms with Crippen LogP contribution in [0.2, 0.25) is 10.0 Å². The summed E-state index contributed by atoms with van der Waals surface area (Å²) in [5.74, 6) is -0.565. The minimum atomic E-state index is -4.51. The molecule has 0 fully saturated rings. The number of halogens is 5. The molecule has 0 radical (unpaired) electrons. The summed E-state index contributed by atoms with van der Waals surface area (Å²) in [6.45, 7) is 0. The molecule has 156 valence electrons. The Kier molecular flexibility index (Phi) is 5.60. The number of anilines is 1. The Labute approximate surface area is 185 Å². The minimum absolute atomic E-state index is 0.0341. The van der Waals surface area contributed by atoms with Gasteiger partial charge >= 0.3 is 6.18 Å². The first-order chi connectivity index (χ1) is 14.7. The third-order valence-corrected chi connectivity index (χ3v) is 5.16. The third-order valence-electron chi connectivity index (χ3n) is 4.62. The van der Waals surface area contributed by atoms with Gasteiger partial charge < -0.3 is 5.32 Å². The average molecular weight is 461 g/mol. The molecule has 1 aromatic heterocycles. The number of nitrogens with zero attached hydrogens (tertiary/aromatic N) is 1. The highest BCUT2D eigenvalue weighted by Crippen LogP contribution is 2.33. The lowest BCUT2D eigenvalue weighted by molar-refractivity contribution is -0.137. The number of amides is 1. The van der Waals surface area contributed by atoms with E-state index in [9.17, 15) is 18.0 Å². The summed E-state index contributed by atoms with van der Waals surface area (Å²) in [4.78, 5) is 17.6. The van der Waals surface area contributed by atoms with Gasteiger partial charge in [-0.15, -0.1) is 0 Å². The van der Waals surface area contributed by atoms with E-state index in [4.69, 9.17) is 23.2 Å². The summed E-state index contributed by atoms with van der Waals surface area (Å²) in [5.41, 5.74) is 0.994. The summed E-state index contributed by atoms with van der Waals surface area (Å²) in [6, 6.07) is 17.9. The van der Waals surface area contributed by atoms with Crippen molar-refractivity contribution in [1.29, 1.82) is 0 Å². The molecule has 0 unspecified atom stereocenters. The lowest BCUT2D eigenvalue weighted by atomic mass is 10.0. The van der Waals surface area contributed by atoms with Crippen molar-refractivity contribution < 1.29 is 18.0 Å². The van der Waals surface area contributed by atoms with E-state index >= 15 is 0 Å². The Morgan fingerprint density at radius 1 is 0.903 bits per heavy atom. The van der Waals surface area contributed by atoms with Crippen LogP contribution in [0.15, 0.2) is 72.8 Å². The van der Waals surface area contributed by atoms with E-state index in [-0.39, 0.29) is 11.3 Å². The van der Waals surface area contributed by atoms with E-state index in [1.54, 1.807) is 48.5 Å². The molecule has 4 rings (SSSR count). The van der Waals surface area contributed by atoms with Crippen molar-refractivity contribution in [3.05, 3.63) is 94.0 Å². The predicted octanol–water partition coefficient (Wildman–Crippen LogP) is 7.48. The normalized spacial score (nSPS) is 11.5. The van der Waals surface area contributed by atoms with Crippen LogP contribution in [0.1, 0.15) is 15.9 Å². The summed E-state index contributed by atoms with van der Waals surface area (Å²) in [5, 5.41) is 3.92. The van der Waals surface area contributed by atoms with Crippen LogP contribution in [0.25, 0.3) is 22.2 Å². The number of carbonyl (C=O) groups excluding carboxylic acids is 1. The SMILES string of the molecule is O=C(Nc1cccc(C(F)(F)F)c1)c1cc(-c2ccc(Cl)cc2Cl)nc2ccccc12. The fourth-order valence-electron chi connectivity index (χ4n) is 3.17. The van der Waals surface area contributed by atoms with E-state index in [1.165, 1.54) is 12.1 Å². The van der Waals surface area contributed by atoms with Gasteiger partial charge in [0.05, 0.1) is 27.4 Å². The zero-order valence-corrected chi connectivity index (χ0v) is 17.2. The molecule has 0 atom stereocenters. The number of hydrogen-bond acceptors (Lipinski definition) is 2. The van der Waals surface area contributed by atoms with Crippen molar-refractivity contribution in [2.24, 2.45) is 0 Å². The number of carbonyl (C=O) groups is 1. The molecular formula is C23H13Cl2F3N2O. The van der Waals surface area contributed by atoms with E-state index in [1.807, 2.05) is 0 Å². The first-order valence-electron chi connectivity index (χ1n) is 9.06. The molecule has 31 heavy (non-hydrogen) atoms. The lowest BCUT2D eigenvalue weighted by Gasteiger charge is -2.13. The highest BCUT2D eigenvalue weighted by Gasteiger charge is 2.30. The van der Waals surface area contributed by atoms with E-state index in [0.717, 1.165) is 12.1 Å². The smallest absolute Gasteiger partial charge is 0.322 e. The van der Waals surface area contributed by atoms with E-state index < -0.39 is 17.6 Å². The molecule has 0 aliphatic heterocycles. The van der Waals surface area contributed by atoms with Gasteiger partial charge in [-0.3, -0.25) is 4.79 Å². The third kappa shape index (κ3) is 4.50. The highest BCUT2D eigenvalue weighted by molar-refractivity contribution is 6.36. The standard InChI is InChI=1S/C23H13Cl2F3N2O/c24-14-8-9-17(19(25)11-14)21-12-18(16-6-1-2-7-20(16)30-21)22(31)29-15-5-3-4-13(10-15)23(26,27)28/h1-12H,(H,29,31). The van der Waals surface area contributed by atoms with Gasteiger partial charge in [0.2, 0.25) is 0 Å². The van der Waals surface area contributed by atoms with Gasteiger partial charge in [0.15, 0.2) is 0 Å². The molecule has 8 heteroatoms. The summed E-state index contributed by atoms with van der Waals surface area (Å²) < 4.78 is 39.0.